The molecule has 3 aromatic rings. The number of alkyl halides is 3. The molecule has 1 amide bonds. The number of hydrogen-bond acceptors (Lipinski definition) is 5. The summed E-state index contributed by atoms with van der Waals surface area (Å²) in [5, 5.41) is 3.99. The van der Waals surface area contributed by atoms with Crippen molar-refractivity contribution in [1.82, 2.24) is 15.0 Å². The van der Waals surface area contributed by atoms with Gasteiger partial charge in [0.1, 0.15) is 0 Å². The number of carbonyl (C=O) groups excluding carboxylic acids is 1. The van der Waals surface area contributed by atoms with Crippen molar-refractivity contribution in [3.05, 3.63) is 57.2 Å². The van der Waals surface area contributed by atoms with Gasteiger partial charge in [0.05, 0.1) is 10.9 Å². The molecule has 1 aliphatic rings. The Morgan fingerprint density at radius 3 is 2.68 bits per heavy atom. The molecule has 2 aromatic heterocycles. The third-order valence-electron chi connectivity index (χ3n) is 4.55. The molecule has 3 heterocycles. The molecular formula is C18H13ClF3N3O2S. The molecule has 0 radical (unpaired) electrons. The lowest BCUT2D eigenvalue weighted by Crippen LogP contribution is -2.38. The van der Waals surface area contributed by atoms with Gasteiger partial charge in [-0.25, -0.2) is 0 Å². The zero-order valence-electron chi connectivity index (χ0n) is 14.5. The van der Waals surface area contributed by atoms with Gasteiger partial charge < -0.3 is 9.42 Å². The number of rotatable bonds is 2. The number of thiophene rings is 1. The van der Waals surface area contributed by atoms with Crippen molar-refractivity contribution >= 4 is 28.8 Å². The van der Waals surface area contributed by atoms with E-state index in [1.807, 2.05) is 6.92 Å². The van der Waals surface area contributed by atoms with E-state index < -0.39 is 12.1 Å². The van der Waals surface area contributed by atoms with Crippen LogP contribution in [0.5, 0.6) is 0 Å². The standard InChI is InChI=1S/C18H13ClF3N3O2S/c1-9-14-11(6-7-25(9)16(26)10-2-4-12(19)5-3-10)8-13(28-14)15-23-17(27-24-15)18(20,21)22/h2-5,8-9H,6-7H2,1H3. The lowest BCUT2D eigenvalue weighted by atomic mass is 10.0. The van der Waals surface area contributed by atoms with Crippen LogP contribution in [0.1, 0.15) is 39.7 Å². The predicted octanol–water partition coefficient (Wildman–Crippen LogP) is 5.23. The second-order valence-electron chi connectivity index (χ2n) is 6.35. The first-order valence-corrected chi connectivity index (χ1v) is 9.54. The average Bonchev–Trinajstić information content (AvgIpc) is 3.29. The Kier molecular flexibility index (Phi) is 4.67. The van der Waals surface area contributed by atoms with Gasteiger partial charge in [-0.1, -0.05) is 16.8 Å². The number of halogens is 4. The quantitative estimate of drug-likeness (QED) is 0.562. The highest BCUT2D eigenvalue weighted by Crippen LogP contribution is 2.40. The van der Waals surface area contributed by atoms with Crippen molar-refractivity contribution in [1.29, 1.82) is 0 Å². The van der Waals surface area contributed by atoms with Crippen LogP contribution in [-0.2, 0) is 12.6 Å². The number of carbonyl (C=O) groups is 1. The number of hydrogen-bond donors (Lipinski definition) is 0. The SMILES string of the molecule is CC1c2sc(-c3noc(C(F)(F)F)n3)cc2CCN1C(=O)c1ccc(Cl)cc1. The van der Waals surface area contributed by atoms with E-state index in [2.05, 4.69) is 14.7 Å². The Morgan fingerprint density at radius 2 is 2.04 bits per heavy atom. The third kappa shape index (κ3) is 3.40. The molecule has 0 aliphatic carbocycles. The van der Waals surface area contributed by atoms with Crippen molar-refractivity contribution in [3.63, 3.8) is 0 Å². The van der Waals surface area contributed by atoms with E-state index in [9.17, 15) is 18.0 Å². The Hall–Kier alpha value is -2.39. The van der Waals surface area contributed by atoms with E-state index in [1.165, 1.54) is 11.3 Å². The van der Waals surface area contributed by atoms with Crippen LogP contribution >= 0.6 is 22.9 Å². The first-order chi connectivity index (χ1) is 13.2. The summed E-state index contributed by atoms with van der Waals surface area (Å²) in [7, 11) is 0. The summed E-state index contributed by atoms with van der Waals surface area (Å²) in [5.41, 5.74) is 1.51. The van der Waals surface area contributed by atoms with Crippen molar-refractivity contribution < 1.29 is 22.5 Å². The number of fused-ring (bicyclic) bond motifs is 1. The molecule has 4 rings (SSSR count). The first-order valence-electron chi connectivity index (χ1n) is 8.34. The summed E-state index contributed by atoms with van der Waals surface area (Å²) in [6, 6.07) is 8.21. The molecule has 0 saturated heterocycles. The Balaban J connectivity index is 1.60. The first kappa shape index (κ1) is 18.9. The second kappa shape index (κ2) is 6.89. The summed E-state index contributed by atoms with van der Waals surface area (Å²) in [6.07, 6.45) is -4.09. The van der Waals surface area contributed by atoms with Crippen LogP contribution in [0.3, 0.4) is 0 Å². The fraction of sp³-hybridized carbons (Fsp3) is 0.278. The number of amides is 1. The van der Waals surface area contributed by atoms with Crippen LogP contribution in [-0.4, -0.2) is 27.5 Å². The van der Waals surface area contributed by atoms with Gasteiger partial charge in [0.15, 0.2) is 0 Å². The minimum Gasteiger partial charge on any atom is -0.331 e. The largest absolute Gasteiger partial charge is 0.471 e. The topological polar surface area (TPSA) is 59.2 Å². The molecular weight excluding hydrogens is 415 g/mol. The fourth-order valence-corrected chi connectivity index (χ4v) is 4.48. The Labute approximate surface area is 166 Å². The van der Waals surface area contributed by atoms with E-state index in [0.29, 0.717) is 28.4 Å². The highest BCUT2D eigenvalue weighted by Gasteiger charge is 2.39. The minimum atomic E-state index is -4.68. The van der Waals surface area contributed by atoms with E-state index in [0.717, 1.165) is 10.4 Å². The third-order valence-corrected chi connectivity index (χ3v) is 6.15. The minimum absolute atomic E-state index is 0.102. The molecule has 10 heteroatoms. The lowest BCUT2D eigenvalue weighted by Gasteiger charge is -2.33. The maximum absolute atomic E-state index is 12.8. The van der Waals surface area contributed by atoms with Crippen LogP contribution < -0.4 is 0 Å². The van der Waals surface area contributed by atoms with Crippen molar-refractivity contribution in [2.24, 2.45) is 0 Å². The van der Waals surface area contributed by atoms with E-state index >= 15 is 0 Å². The van der Waals surface area contributed by atoms with Crippen LogP contribution in [0.15, 0.2) is 34.9 Å². The molecule has 28 heavy (non-hydrogen) atoms. The summed E-state index contributed by atoms with van der Waals surface area (Å²) in [5.74, 6) is -1.60. The molecule has 0 saturated carbocycles. The lowest BCUT2D eigenvalue weighted by molar-refractivity contribution is -0.159. The van der Waals surface area contributed by atoms with Crippen molar-refractivity contribution in [2.45, 2.75) is 25.6 Å². The molecule has 0 spiro atoms. The normalized spacial score (nSPS) is 16.9. The summed E-state index contributed by atoms with van der Waals surface area (Å²) < 4.78 is 42.4. The van der Waals surface area contributed by atoms with Crippen LogP contribution in [0.4, 0.5) is 13.2 Å². The molecule has 0 bridgehead atoms. The number of benzene rings is 1. The smallest absolute Gasteiger partial charge is 0.331 e. The number of nitrogens with zero attached hydrogens (tertiary/aromatic N) is 3. The van der Waals surface area contributed by atoms with Crippen LogP contribution in [0.25, 0.3) is 10.7 Å². The monoisotopic (exact) mass is 427 g/mol. The van der Waals surface area contributed by atoms with Gasteiger partial charge in [-0.15, -0.1) is 11.3 Å². The fourth-order valence-electron chi connectivity index (χ4n) is 3.15. The summed E-state index contributed by atoms with van der Waals surface area (Å²) >= 11 is 7.15. The molecule has 5 nitrogen and oxygen atoms in total. The van der Waals surface area contributed by atoms with Crippen molar-refractivity contribution in [2.75, 3.05) is 6.54 Å². The van der Waals surface area contributed by atoms with E-state index in [4.69, 9.17) is 11.6 Å². The molecule has 1 aliphatic heterocycles. The highest BCUT2D eigenvalue weighted by molar-refractivity contribution is 7.15. The van der Waals surface area contributed by atoms with Gasteiger partial charge in [-0.3, -0.25) is 4.79 Å². The van der Waals surface area contributed by atoms with Gasteiger partial charge in [-0.2, -0.15) is 18.2 Å². The maximum Gasteiger partial charge on any atom is 0.471 e. The van der Waals surface area contributed by atoms with E-state index in [1.54, 1.807) is 35.2 Å². The molecule has 1 aromatic carbocycles. The van der Waals surface area contributed by atoms with E-state index in [-0.39, 0.29) is 17.8 Å². The Morgan fingerprint density at radius 1 is 1.32 bits per heavy atom. The van der Waals surface area contributed by atoms with Gasteiger partial charge in [0.2, 0.25) is 5.82 Å². The summed E-state index contributed by atoms with van der Waals surface area (Å²) in [6.45, 7) is 2.40. The van der Waals surface area contributed by atoms with Gasteiger partial charge in [0, 0.05) is 22.0 Å². The maximum atomic E-state index is 12.8. The predicted molar refractivity (Wildman–Crippen MR) is 97.2 cm³/mol. The van der Waals surface area contributed by atoms with Gasteiger partial charge in [-0.05, 0) is 49.2 Å². The van der Waals surface area contributed by atoms with Gasteiger partial charge in [0.25, 0.3) is 5.91 Å². The molecule has 1 atom stereocenters. The zero-order chi connectivity index (χ0) is 20.1. The highest BCUT2D eigenvalue weighted by atomic mass is 35.5. The van der Waals surface area contributed by atoms with Crippen molar-refractivity contribution in [3.8, 4) is 10.7 Å². The second-order valence-corrected chi connectivity index (χ2v) is 7.87. The van der Waals surface area contributed by atoms with Crippen LogP contribution in [0.2, 0.25) is 5.02 Å². The molecule has 0 N–H and O–H groups in total. The molecule has 146 valence electrons. The van der Waals surface area contributed by atoms with Crippen LogP contribution in [0, 0.1) is 0 Å². The van der Waals surface area contributed by atoms with Gasteiger partial charge >= 0.3 is 12.1 Å². The average molecular weight is 428 g/mol. The Bertz CT molecular complexity index is 1030. The summed E-state index contributed by atoms with van der Waals surface area (Å²) in [4.78, 5) is 19.4. The molecule has 0 fully saturated rings. The number of aromatic nitrogens is 2. The zero-order valence-corrected chi connectivity index (χ0v) is 16.0. The molecule has 1 unspecified atom stereocenters.